The third kappa shape index (κ3) is 17.9. The van der Waals surface area contributed by atoms with E-state index in [2.05, 4.69) is 9.68 Å². The van der Waals surface area contributed by atoms with Crippen molar-refractivity contribution in [1.29, 1.82) is 0 Å². The molecule has 0 saturated heterocycles. The molecule has 0 spiro atoms. The van der Waals surface area contributed by atoms with Gasteiger partial charge in [0, 0.05) is 0 Å². The van der Waals surface area contributed by atoms with Gasteiger partial charge >= 0.3 is 38.0 Å². The van der Waals surface area contributed by atoms with Crippen LogP contribution in [0.5, 0.6) is 0 Å². The Bertz CT molecular complexity index is 74.4. The van der Waals surface area contributed by atoms with Gasteiger partial charge in [0.05, 0.1) is 0 Å². The zero-order valence-electron chi connectivity index (χ0n) is 3.99. The fourth-order valence-corrected chi connectivity index (χ4v) is 0.0836. The molecular formula is CH5CoN2O4. The van der Waals surface area contributed by atoms with Crippen molar-refractivity contribution in [3.8, 4) is 0 Å². The van der Waals surface area contributed by atoms with Crippen LogP contribution in [0, 0.1) is 10.1 Å². The molecule has 0 heterocycles. The van der Waals surface area contributed by atoms with E-state index in [1.54, 1.807) is 0 Å². The van der Waals surface area contributed by atoms with Crippen molar-refractivity contribution < 1.29 is 27.9 Å². The van der Waals surface area contributed by atoms with Crippen LogP contribution in [0.15, 0.2) is 0 Å². The Labute approximate surface area is 51.6 Å². The average molecular weight is 168 g/mol. The van der Waals surface area contributed by atoms with Crippen molar-refractivity contribution in [1.82, 2.24) is 0 Å². The maximum absolute atomic E-state index is 9.05. The molecule has 0 rings (SSSR count). The number of nitrogens with zero attached hydrogens (tertiary/aromatic N) is 1. The number of hydrogen-bond acceptors (Lipinski definition) is 5. The minimum atomic E-state index is -1.15. The van der Waals surface area contributed by atoms with Gasteiger partial charge in [0.25, 0.3) is 0 Å². The molecule has 0 atom stereocenters. The van der Waals surface area contributed by atoms with E-state index in [-0.39, 0.29) is 0 Å². The molecule has 0 aliphatic heterocycles. The molecule has 0 aromatic rings. The van der Waals surface area contributed by atoms with Gasteiger partial charge in [0.2, 0.25) is 0 Å². The van der Waals surface area contributed by atoms with Crippen LogP contribution in [-0.4, -0.2) is 12.1 Å². The van der Waals surface area contributed by atoms with Crippen LogP contribution in [0.25, 0.3) is 0 Å². The third-order valence-electron chi connectivity index (χ3n) is 0.0745. The van der Waals surface area contributed by atoms with E-state index in [1.807, 2.05) is 0 Å². The summed E-state index contributed by atoms with van der Waals surface area (Å²) in [5.74, 6) is 0. The van der Waals surface area contributed by atoms with E-state index in [9.17, 15) is 0 Å². The summed E-state index contributed by atoms with van der Waals surface area (Å²) in [4.78, 5) is 8.97. The van der Waals surface area contributed by atoms with E-state index < -0.39 is 20.0 Å². The van der Waals surface area contributed by atoms with Crippen molar-refractivity contribution in [2.24, 2.45) is 5.73 Å². The number of hydrogen-bond donors (Lipinski definition) is 1. The van der Waals surface area contributed by atoms with Crippen LogP contribution in [0.4, 0.5) is 0 Å². The Morgan fingerprint density at radius 2 is 2.12 bits per heavy atom. The van der Waals surface area contributed by atoms with Gasteiger partial charge < -0.3 is 5.73 Å². The van der Waals surface area contributed by atoms with Gasteiger partial charge in [0.1, 0.15) is 0 Å². The predicted molar refractivity (Wildman–Crippen MR) is 18.9 cm³/mol. The molecule has 0 fully saturated rings. The standard InChI is InChI=1S/CH5N.Co.NO3.O/c1-2;;2-1(3)4;/h2H2,1H3;;;/q;+1;-1;. The number of rotatable bonds is 2. The second-order valence-corrected chi connectivity index (χ2v) is 0.704. The summed E-state index contributed by atoms with van der Waals surface area (Å²) >= 11 is -0.901. The van der Waals surface area contributed by atoms with E-state index in [4.69, 9.17) is 14.0 Å². The van der Waals surface area contributed by atoms with E-state index in [0.29, 0.717) is 0 Å². The second kappa shape index (κ2) is 9.69. The Morgan fingerprint density at radius 1 is 1.75 bits per heavy atom. The Balaban J connectivity index is 0. The number of nitrogens with two attached hydrogens (primary N) is 1. The van der Waals surface area contributed by atoms with Crippen molar-refractivity contribution >= 4 is 0 Å². The molecule has 6 nitrogen and oxygen atoms in total. The summed E-state index contributed by atoms with van der Waals surface area (Å²) in [5, 5.41) is 7.83. The van der Waals surface area contributed by atoms with Gasteiger partial charge in [-0.25, -0.2) is 0 Å². The normalized spacial score (nSPS) is 6.75. The molecule has 7 heteroatoms. The summed E-state index contributed by atoms with van der Waals surface area (Å²) in [6.07, 6.45) is 0. The summed E-state index contributed by atoms with van der Waals surface area (Å²) in [7, 11) is 1.50. The Kier molecular flexibility index (Phi) is 12.7. The van der Waals surface area contributed by atoms with E-state index in [1.165, 1.54) is 7.05 Å². The third-order valence-corrected chi connectivity index (χ3v) is 0.307. The minimum absolute atomic E-state index is 0.901. The average Bonchev–Trinajstić information content (AvgIpc) is 1.72. The molecule has 0 aromatic heterocycles. The first kappa shape index (κ1) is 10.4. The molecule has 0 aromatic carbocycles. The molecule has 52 valence electrons. The molecule has 0 unspecified atom stereocenters. The molecule has 8 heavy (non-hydrogen) atoms. The van der Waals surface area contributed by atoms with Gasteiger partial charge in [0.15, 0.2) is 0 Å². The summed E-state index contributed by atoms with van der Waals surface area (Å²) in [6.45, 7) is 0. The zero-order chi connectivity index (χ0) is 6.99. The van der Waals surface area contributed by atoms with Gasteiger partial charge in [-0.05, 0) is 7.05 Å². The van der Waals surface area contributed by atoms with Crippen molar-refractivity contribution in [3.63, 3.8) is 0 Å². The van der Waals surface area contributed by atoms with Gasteiger partial charge in [-0.2, -0.15) is 0 Å². The van der Waals surface area contributed by atoms with E-state index >= 15 is 0 Å². The van der Waals surface area contributed by atoms with Crippen LogP contribution >= 0.6 is 0 Å². The molecule has 0 bridgehead atoms. The summed E-state index contributed by atoms with van der Waals surface area (Å²) < 4.78 is 12.2. The quantitative estimate of drug-likeness (QED) is 0.426. The molecule has 0 aliphatic carbocycles. The molecule has 2 N–H and O–H groups in total. The molecule has 0 amide bonds. The SMILES string of the molecule is CN.[O]=[Co][O][N+](=O)[O-]. The van der Waals surface area contributed by atoms with Crippen LogP contribution < -0.4 is 5.73 Å². The van der Waals surface area contributed by atoms with Gasteiger partial charge in [-0.15, -0.1) is 0 Å². The first-order valence-electron chi connectivity index (χ1n) is 1.40. The van der Waals surface area contributed by atoms with Crippen LogP contribution in [0.2, 0.25) is 0 Å². The van der Waals surface area contributed by atoms with Gasteiger partial charge in [-0.3, -0.25) is 0 Å². The monoisotopic (exact) mass is 168 g/mol. The summed E-state index contributed by atoms with van der Waals surface area (Å²) in [5.41, 5.74) is 4.50. The fraction of sp³-hybridized carbons (Fsp3) is 1.00. The van der Waals surface area contributed by atoms with Gasteiger partial charge in [-0.1, -0.05) is 0 Å². The molecule has 0 radical (unpaired) electrons. The van der Waals surface area contributed by atoms with Crippen molar-refractivity contribution in [2.45, 2.75) is 0 Å². The molecule has 0 aliphatic rings. The first-order valence-corrected chi connectivity index (χ1v) is 2.25. The fourth-order valence-electron chi connectivity index (χ4n) is 0.0203. The van der Waals surface area contributed by atoms with Crippen molar-refractivity contribution in [2.75, 3.05) is 7.05 Å². The first-order chi connectivity index (χ1) is 3.77. The van der Waals surface area contributed by atoms with Crippen molar-refractivity contribution in [3.05, 3.63) is 10.1 Å². The molecule has 0 saturated carbocycles. The van der Waals surface area contributed by atoms with E-state index in [0.717, 1.165) is 0 Å². The summed E-state index contributed by atoms with van der Waals surface area (Å²) in [6, 6.07) is 0. The van der Waals surface area contributed by atoms with Crippen LogP contribution in [-0.2, 0) is 22.8 Å². The topological polar surface area (TPSA) is 95.5 Å². The van der Waals surface area contributed by atoms with Crippen LogP contribution in [0.3, 0.4) is 0 Å². The molecular weight excluding hydrogens is 163 g/mol. The Hall–Kier alpha value is -0.534. The second-order valence-electron chi connectivity index (χ2n) is 0.340. The zero-order valence-corrected chi connectivity index (χ0v) is 5.03. The maximum atomic E-state index is 9.05. The predicted octanol–water partition coefficient (Wildman–Crippen LogP) is -0.887. The Morgan fingerprint density at radius 3 is 2.12 bits per heavy atom. The van der Waals surface area contributed by atoms with Crippen LogP contribution in [0.1, 0.15) is 0 Å².